The van der Waals surface area contributed by atoms with Gasteiger partial charge in [-0.3, -0.25) is 4.79 Å². The van der Waals surface area contributed by atoms with Crippen LogP contribution in [0.4, 0.5) is 4.39 Å². The quantitative estimate of drug-likeness (QED) is 0.403. The molecule has 0 saturated carbocycles. The van der Waals surface area contributed by atoms with Gasteiger partial charge in [0.05, 0.1) is 23.0 Å². The van der Waals surface area contributed by atoms with Crippen molar-refractivity contribution in [1.82, 2.24) is 4.57 Å². The number of nitrogens with zero attached hydrogens (tertiary/aromatic N) is 1. The Morgan fingerprint density at radius 3 is 2.34 bits per heavy atom. The summed E-state index contributed by atoms with van der Waals surface area (Å²) < 4.78 is 21.4. The Morgan fingerprint density at radius 1 is 0.966 bits per heavy atom. The van der Waals surface area contributed by atoms with E-state index in [2.05, 4.69) is 0 Å². The third kappa shape index (κ3) is 3.21. The molecular weight excluding hydrogens is 375 g/mol. The largest absolute Gasteiger partial charge is 0.424 e. The molecule has 1 amide bonds. The van der Waals surface area contributed by atoms with Crippen molar-refractivity contribution in [3.8, 4) is 5.75 Å². The summed E-state index contributed by atoms with van der Waals surface area (Å²) in [7, 11) is 0. The predicted molar refractivity (Wildman–Crippen MR) is 106 cm³/mol. The summed E-state index contributed by atoms with van der Waals surface area (Å²) in [4.78, 5) is 23.8. The number of benzene rings is 3. The lowest BCUT2D eigenvalue weighted by atomic mass is 10.1. The van der Waals surface area contributed by atoms with Gasteiger partial charge in [0.1, 0.15) is 18.2 Å². The monoisotopic (exact) mass is 392 g/mol. The van der Waals surface area contributed by atoms with Crippen LogP contribution in [0, 0.1) is 5.82 Å². The van der Waals surface area contributed by atoms with Crippen molar-refractivity contribution in [3.63, 3.8) is 0 Å². The Bertz CT molecular complexity index is 1260. The zero-order valence-electron chi connectivity index (χ0n) is 15.3. The van der Waals surface area contributed by atoms with Crippen LogP contribution in [0.3, 0.4) is 0 Å². The molecule has 7 heteroatoms. The van der Waals surface area contributed by atoms with E-state index in [9.17, 15) is 14.0 Å². The van der Waals surface area contributed by atoms with Gasteiger partial charge < -0.3 is 20.1 Å². The van der Waals surface area contributed by atoms with Crippen molar-refractivity contribution in [3.05, 3.63) is 77.6 Å². The molecule has 146 valence electrons. The van der Waals surface area contributed by atoms with Crippen LogP contribution >= 0.6 is 0 Å². The summed E-state index contributed by atoms with van der Waals surface area (Å²) in [5.41, 5.74) is 7.59. The molecule has 1 heterocycles. The van der Waals surface area contributed by atoms with E-state index in [0.29, 0.717) is 27.4 Å². The van der Waals surface area contributed by atoms with Gasteiger partial charge in [0, 0.05) is 16.5 Å². The van der Waals surface area contributed by atoms with Gasteiger partial charge in [-0.05, 0) is 30.3 Å². The Labute approximate surface area is 164 Å². The predicted octanol–water partition coefficient (Wildman–Crippen LogP) is 2.98. The van der Waals surface area contributed by atoms with Crippen molar-refractivity contribution in [2.75, 3.05) is 6.61 Å². The van der Waals surface area contributed by atoms with Crippen molar-refractivity contribution < 1.29 is 23.8 Å². The molecule has 29 heavy (non-hydrogen) atoms. The van der Waals surface area contributed by atoms with E-state index < -0.39 is 18.5 Å². The highest BCUT2D eigenvalue weighted by Gasteiger charge is 2.21. The summed E-state index contributed by atoms with van der Waals surface area (Å²) in [6.07, 6.45) is 0. The van der Waals surface area contributed by atoms with Gasteiger partial charge >= 0.3 is 5.97 Å². The van der Waals surface area contributed by atoms with E-state index in [-0.39, 0.29) is 23.7 Å². The lowest BCUT2D eigenvalue weighted by Gasteiger charge is -2.09. The summed E-state index contributed by atoms with van der Waals surface area (Å²) in [6, 6.07) is 16.5. The molecule has 4 rings (SSSR count). The number of primary amides is 1. The van der Waals surface area contributed by atoms with Crippen molar-refractivity contribution in [2.45, 2.75) is 6.54 Å². The molecule has 3 aromatic carbocycles. The normalized spacial score (nSPS) is 11.1. The van der Waals surface area contributed by atoms with Gasteiger partial charge in [0.25, 0.3) is 0 Å². The number of aromatic nitrogens is 1. The van der Waals surface area contributed by atoms with E-state index in [1.165, 1.54) is 6.07 Å². The molecule has 0 spiro atoms. The highest BCUT2D eigenvalue weighted by molar-refractivity contribution is 6.20. The second kappa shape index (κ2) is 7.37. The minimum atomic E-state index is -0.830. The first-order valence-corrected chi connectivity index (χ1v) is 8.90. The van der Waals surface area contributed by atoms with Gasteiger partial charge in [0.2, 0.25) is 5.91 Å². The number of esters is 1. The number of aliphatic hydroxyl groups is 1. The van der Waals surface area contributed by atoms with Gasteiger partial charge in [-0.15, -0.1) is 0 Å². The Balaban J connectivity index is 2.06. The number of carbonyl (C=O) groups is 2. The van der Waals surface area contributed by atoms with Gasteiger partial charge in [-0.2, -0.15) is 0 Å². The summed E-state index contributed by atoms with van der Waals surface area (Å²) in [6.45, 7) is -0.584. The zero-order valence-corrected chi connectivity index (χ0v) is 15.3. The fourth-order valence-electron chi connectivity index (χ4n) is 3.57. The van der Waals surface area contributed by atoms with E-state index in [1.807, 2.05) is 4.57 Å². The zero-order chi connectivity index (χ0) is 20.5. The molecule has 3 N–H and O–H groups in total. The molecule has 0 aliphatic carbocycles. The number of halogens is 1. The molecule has 0 bridgehead atoms. The number of carbonyl (C=O) groups excluding carboxylic acids is 2. The standard InChI is InChI=1S/C22H17FN2O4/c23-15-7-2-1-5-13(15)11-25-16-8-3-6-14(22(24)28)20(16)21-17(25)9-4-10-18(21)29-19(27)12-26/h1-10,26H,11-12H2,(H2,24,28). The van der Waals surface area contributed by atoms with Crippen LogP contribution in [-0.4, -0.2) is 28.2 Å². The summed E-state index contributed by atoms with van der Waals surface area (Å²) in [5.74, 6) is -1.63. The summed E-state index contributed by atoms with van der Waals surface area (Å²) in [5, 5.41) is 10.1. The molecule has 6 nitrogen and oxygen atoms in total. The first-order valence-electron chi connectivity index (χ1n) is 8.90. The van der Waals surface area contributed by atoms with Crippen LogP contribution in [0.1, 0.15) is 15.9 Å². The number of amides is 1. The van der Waals surface area contributed by atoms with Gasteiger partial charge in [-0.1, -0.05) is 30.3 Å². The number of nitrogens with two attached hydrogens (primary N) is 1. The second-order valence-corrected chi connectivity index (χ2v) is 6.52. The SMILES string of the molecule is NC(=O)c1cccc2c1c1c(OC(=O)CO)cccc1n2Cc1ccccc1F. The van der Waals surface area contributed by atoms with Crippen molar-refractivity contribution >= 4 is 33.7 Å². The molecule has 0 radical (unpaired) electrons. The molecule has 0 atom stereocenters. The molecule has 0 aliphatic heterocycles. The Hall–Kier alpha value is -3.71. The van der Waals surface area contributed by atoms with Crippen molar-refractivity contribution in [2.24, 2.45) is 5.73 Å². The van der Waals surface area contributed by atoms with Crippen molar-refractivity contribution in [1.29, 1.82) is 0 Å². The molecule has 0 aliphatic rings. The lowest BCUT2D eigenvalue weighted by molar-refractivity contribution is -0.137. The fourth-order valence-corrected chi connectivity index (χ4v) is 3.57. The van der Waals surface area contributed by atoms with E-state index >= 15 is 0 Å². The third-order valence-corrected chi connectivity index (χ3v) is 4.78. The topological polar surface area (TPSA) is 94.6 Å². The number of fused-ring (bicyclic) bond motifs is 3. The third-order valence-electron chi connectivity index (χ3n) is 4.78. The second-order valence-electron chi connectivity index (χ2n) is 6.52. The molecule has 4 aromatic rings. The van der Waals surface area contributed by atoms with Crippen LogP contribution in [0.15, 0.2) is 60.7 Å². The first kappa shape index (κ1) is 18.6. The number of rotatable bonds is 5. The van der Waals surface area contributed by atoms with Crippen LogP contribution in [0.5, 0.6) is 5.75 Å². The minimum absolute atomic E-state index is 0.188. The van der Waals surface area contributed by atoms with Gasteiger partial charge in [0.15, 0.2) is 0 Å². The van der Waals surface area contributed by atoms with Crippen LogP contribution in [0.2, 0.25) is 0 Å². The van der Waals surface area contributed by atoms with Crippen LogP contribution in [0.25, 0.3) is 21.8 Å². The maximum Gasteiger partial charge on any atom is 0.337 e. The average molecular weight is 392 g/mol. The fraction of sp³-hybridized carbons (Fsp3) is 0.0909. The van der Waals surface area contributed by atoms with E-state index in [4.69, 9.17) is 15.6 Å². The maximum absolute atomic E-state index is 14.3. The minimum Gasteiger partial charge on any atom is -0.424 e. The highest BCUT2D eigenvalue weighted by Crippen LogP contribution is 2.38. The summed E-state index contributed by atoms with van der Waals surface area (Å²) >= 11 is 0. The first-order chi connectivity index (χ1) is 14.0. The molecule has 0 unspecified atom stereocenters. The number of aliphatic hydroxyl groups excluding tert-OH is 1. The highest BCUT2D eigenvalue weighted by atomic mass is 19.1. The molecular formula is C22H17FN2O4. The molecule has 1 aromatic heterocycles. The molecule has 0 fully saturated rings. The average Bonchev–Trinajstić information content (AvgIpc) is 3.04. The van der Waals surface area contributed by atoms with E-state index in [0.717, 1.165) is 0 Å². The number of hydrogen-bond donors (Lipinski definition) is 2. The Kier molecular flexibility index (Phi) is 4.74. The lowest BCUT2D eigenvalue weighted by Crippen LogP contribution is -2.13. The smallest absolute Gasteiger partial charge is 0.337 e. The van der Waals surface area contributed by atoms with Crippen LogP contribution < -0.4 is 10.5 Å². The molecule has 0 saturated heterocycles. The van der Waals surface area contributed by atoms with Crippen LogP contribution in [-0.2, 0) is 11.3 Å². The maximum atomic E-state index is 14.3. The van der Waals surface area contributed by atoms with Gasteiger partial charge in [-0.25, -0.2) is 9.18 Å². The Morgan fingerprint density at radius 2 is 1.66 bits per heavy atom. The van der Waals surface area contributed by atoms with E-state index in [1.54, 1.807) is 54.6 Å². The number of hydrogen-bond acceptors (Lipinski definition) is 4. The number of ether oxygens (including phenoxy) is 1.